The minimum atomic E-state index is -0.385. The van der Waals surface area contributed by atoms with E-state index in [1.807, 2.05) is 28.2 Å². The molecule has 1 heterocycles. The average Bonchev–Trinajstić information content (AvgIpc) is 2.47. The molecule has 0 unspecified atom stereocenters. The van der Waals surface area contributed by atoms with Gasteiger partial charge >= 0.3 is 0 Å². The lowest BCUT2D eigenvalue weighted by atomic mass is 10.2. The Morgan fingerprint density at radius 2 is 1.73 bits per heavy atom. The SMILES string of the molecule is CN(C)c1ncc(NC(=O)c2ccc(F)cc2)c(N(C)C)n1. The first-order valence-electron chi connectivity index (χ1n) is 6.67. The minimum Gasteiger partial charge on any atom is -0.361 e. The molecule has 6 nitrogen and oxygen atoms in total. The Kier molecular flexibility index (Phi) is 4.55. The smallest absolute Gasteiger partial charge is 0.255 e. The number of benzene rings is 1. The molecule has 116 valence electrons. The van der Waals surface area contributed by atoms with Crippen LogP contribution in [0.25, 0.3) is 0 Å². The summed E-state index contributed by atoms with van der Waals surface area (Å²) in [7, 11) is 7.34. The first-order chi connectivity index (χ1) is 10.4. The molecule has 2 rings (SSSR count). The van der Waals surface area contributed by atoms with Gasteiger partial charge in [0.05, 0.1) is 6.20 Å². The first-order valence-corrected chi connectivity index (χ1v) is 6.67. The summed E-state index contributed by atoms with van der Waals surface area (Å²) < 4.78 is 12.9. The third-order valence-electron chi connectivity index (χ3n) is 2.93. The number of carbonyl (C=O) groups excluding carboxylic acids is 1. The summed E-state index contributed by atoms with van der Waals surface area (Å²) in [6.07, 6.45) is 1.55. The monoisotopic (exact) mass is 303 g/mol. The Morgan fingerprint density at radius 1 is 1.09 bits per heavy atom. The number of nitrogens with one attached hydrogen (secondary N) is 1. The third-order valence-corrected chi connectivity index (χ3v) is 2.93. The van der Waals surface area contributed by atoms with Crippen LogP contribution in [0.4, 0.5) is 21.8 Å². The molecule has 0 saturated carbocycles. The van der Waals surface area contributed by atoms with E-state index < -0.39 is 0 Å². The normalized spacial score (nSPS) is 10.2. The van der Waals surface area contributed by atoms with E-state index >= 15 is 0 Å². The van der Waals surface area contributed by atoms with Crippen LogP contribution in [0.3, 0.4) is 0 Å². The van der Waals surface area contributed by atoms with Crippen LogP contribution < -0.4 is 15.1 Å². The molecule has 0 aliphatic rings. The predicted molar refractivity (Wildman–Crippen MR) is 85.0 cm³/mol. The first kappa shape index (κ1) is 15.7. The Morgan fingerprint density at radius 3 is 2.27 bits per heavy atom. The molecule has 0 spiro atoms. The van der Waals surface area contributed by atoms with Crippen LogP contribution in [0.1, 0.15) is 10.4 Å². The summed E-state index contributed by atoms with van der Waals surface area (Å²) in [4.78, 5) is 24.4. The number of hydrogen-bond donors (Lipinski definition) is 1. The Balaban J connectivity index is 2.28. The van der Waals surface area contributed by atoms with E-state index in [-0.39, 0.29) is 11.7 Å². The lowest BCUT2D eigenvalue weighted by molar-refractivity contribution is 0.102. The van der Waals surface area contributed by atoms with Gasteiger partial charge in [-0.05, 0) is 24.3 Å². The zero-order valence-electron chi connectivity index (χ0n) is 13.0. The molecule has 0 aliphatic heterocycles. The second-order valence-electron chi connectivity index (χ2n) is 5.16. The van der Waals surface area contributed by atoms with Crippen molar-refractivity contribution in [3.63, 3.8) is 0 Å². The van der Waals surface area contributed by atoms with E-state index in [1.165, 1.54) is 24.3 Å². The van der Waals surface area contributed by atoms with E-state index in [0.29, 0.717) is 23.0 Å². The average molecular weight is 303 g/mol. The van der Waals surface area contributed by atoms with Gasteiger partial charge in [0.15, 0.2) is 5.82 Å². The van der Waals surface area contributed by atoms with E-state index in [9.17, 15) is 9.18 Å². The molecule has 0 radical (unpaired) electrons. The second kappa shape index (κ2) is 6.38. The van der Waals surface area contributed by atoms with E-state index in [0.717, 1.165) is 0 Å². The maximum absolute atomic E-state index is 12.9. The highest BCUT2D eigenvalue weighted by Crippen LogP contribution is 2.23. The van der Waals surface area contributed by atoms with Crippen LogP contribution in [-0.4, -0.2) is 44.1 Å². The summed E-state index contributed by atoms with van der Waals surface area (Å²) in [5, 5.41) is 2.75. The highest BCUT2D eigenvalue weighted by atomic mass is 19.1. The fraction of sp³-hybridized carbons (Fsp3) is 0.267. The molecule has 2 aromatic rings. The molecule has 1 aromatic heterocycles. The van der Waals surface area contributed by atoms with Gasteiger partial charge in [-0.25, -0.2) is 9.37 Å². The molecule has 0 aliphatic carbocycles. The van der Waals surface area contributed by atoms with Crippen molar-refractivity contribution in [3.05, 3.63) is 41.8 Å². The number of anilines is 3. The Bertz CT molecular complexity index is 670. The number of aromatic nitrogens is 2. The quantitative estimate of drug-likeness (QED) is 0.936. The standard InChI is InChI=1S/C15H18FN5O/c1-20(2)13-12(9-17-15(19-13)21(3)4)18-14(22)10-5-7-11(16)8-6-10/h5-9H,1-4H3,(H,18,22). The summed E-state index contributed by atoms with van der Waals surface area (Å²) in [6, 6.07) is 5.34. The van der Waals surface area contributed by atoms with Crippen molar-refractivity contribution in [2.75, 3.05) is 43.3 Å². The largest absolute Gasteiger partial charge is 0.361 e. The van der Waals surface area contributed by atoms with Crippen molar-refractivity contribution in [1.29, 1.82) is 0 Å². The maximum atomic E-state index is 12.9. The fourth-order valence-electron chi connectivity index (χ4n) is 1.80. The van der Waals surface area contributed by atoms with Crippen molar-refractivity contribution < 1.29 is 9.18 Å². The van der Waals surface area contributed by atoms with Crippen molar-refractivity contribution in [1.82, 2.24) is 9.97 Å². The van der Waals surface area contributed by atoms with E-state index in [2.05, 4.69) is 15.3 Å². The minimum absolute atomic E-state index is 0.343. The number of rotatable bonds is 4. The lowest BCUT2D eigenvalue weighted by Gasteiger charge is -2.19. The van der Waals surface area contributed by atoms with Crippen LogP contribution in [0.5, 0.6) is 0 Å². The number of nitrogens with zero attached hydrogens (tertiary/aromatic N) is 4. The zero-order chi connectivity index (χ0) is 16.3. The van der Waals surface area contributed by atoms with Gasteiger partial charge in [-0.3, -0.25) is 4.79 Å². The van der Waals surface area contributed by atoms with Crippen LogP contribution in [0.15, 0.2) is 30.5 Å². The van der Waals surface area contributed by atoms with Gasteiger partial charge in [0.25, 0.3) is 5.91 Å². The molecular formula is C15H18FN5O. The molecule has 0 saturated heterocycles. The van der Waals surface area contributed by atoms with Gasteiger partial charge in [-0.1, -0.05) is 0 Å². The second-order valence-corrected chi connectivity index (χ2v) is 5.16. The van der Waals surface area contributed by atoms with Crippen LogP contribution in [0, 0.1) is 5.82 Å². The predicted octanol–water partition coefficient (Wildman–Crippen LogP) is 2.00. The Hall–Kier alpha value is -2.70. The van der Waals surface area contributed by atoms with Gasteiger partial charge in [-0.15, -0.1) is 0 Å². The maximum Gasteiger partial charge on any atom is 0.255 e. The molecule has 1 aromatic carbocycles. The number of carbonyl (C=O) groups is 1. The van der Waals surface area contributed by atoms with Gasteiger partial charge in [0.2, 0.25) is 5.95 Å². The van der Waals surface area contributed by atoms with Gasteiger partial charge in [0, 0.05) is 33.8 Å². The van der Waals surface area contributed by atoms with Crippen LogP contribution in [-0.2, 0) is 0 Å². The van der Waals surface area contributed by atoms with Crippen LogP contribution in [0.2, 0.25) is 0 Å². The zero-order valence-corrected chi connectivity index (χ0v) is 13.0. The van der Waals surface area contributed by atoms with E-state index in [1.54, 1.807) is 16.0 Å². The van der Waals surface area contributed by atoms with Crippen molar-refractivity contribution >= 4 is 23.4 Å². The molecule has 0 bridgehead atoms. The van der Waals surface area contributed by atoms with Crippen LogP contribution >= 0.6 is 0 Å². The highest BCUT2D eigenvalue weighted by molar-refractivity contribution is 6.05. The molecular weight excluding hydrogens is 285 g/mol. The number of halogens is 1. The van der Waals surface area contributed by atoms with Crippen molar-refractivity contribution in [3.8, 4) is 0 Å². The number of hydrogen-bond acceptors (Lipinski definition) is 5. The van der Waals surface area contributed by atoms with Gasteiger partial charge in [-0.2, -0.15) is 4.98 Å². The van der Waals surface area contributed by atoms with Gasteiger partial charge < -0.3 is 15.1 Å². The van der Waals surface area contributed by atoms with Gasteiger partial charge in [0.1, 0.15) is 11.5 Å². The Labute approximate surface area is 128 Å². The van der Waals surface area contributed by atoms with Crippen molar-refractivity contribution in [2.24, 2.45) is 0 Å². The topological polar surface area (TPSA) is 61.4 Å². The molecule has 7 heteroatoms. The highest BCUT2D eigenvalue weighted by Gasteiger charge is 2.14. The third kappa shape index (κ3) is 3.49. The number of amides is 1. The summed E-state index contributed by atoms with van der Waals surface area (Å²) in [6.45, 7) is 0. The van der Waals surface area contributed by atoms with Crippen molar-refractivity contribution in [2.45, 2.75) is 0 Å². The summed E-state index contributed by atoms with van der Waals surface area (Å²) in [5.41, 5.74) is 0.854. The summed E-state index contributed by atoms with van der Waals surface area (Å²) in [5.74, 6) is 0.408. The molecule has 1 N–H and O–H groups in total. The lowest BCUT2D eigenvalue weighted by Crippen LogP contribution is -2.21. The van der Waals surface area contributed by atoms with E-state index in [4.69, 9.17) is 0 Å². The molecule has 0 atom stereocenters. The fourth-order valence-corrected chi connectivity index (χ4v) is 1.80. The molecule has 1 amide bonds. The summed E-state index contributed by atoms with van der Waals surface area (Å²) >= 11 is 0. The molecule has 0 fully saturated rings. The molecule has 22 heavy (non-hydrogen) atoms.